The highest BCUT2D eigenvalue weighted by molar-refractivity contribution is 5.10. The SMILES string of the molecule is Cc1ccc(C(CN)N(C)CC2CCCN2C)o1. The fourth-order valence-electron chi connectivity index (χ4n) is 2.82. The number of hydrogen-bond donors (Lipinski definition) is 1. The van der Waals surface area contributed by atoms with Crippen molar-refractivity contribution in [3.63, 3.8) is 0 Å². The average Bonchev–Trinajstić information content (AvgIpc) is 2.91. The molecule has 1 aromatic rings. The van der Waals surface area contributed by atoms with Crippen molar-refractivity contribution < 1.29 is 4.42 Å². The van der Waals surface area contributed by atoms with E-state index in [-0.39, 0.29) is 6.04 Å². The van der Waals surface area contributed by atoms with Crippen LogP contribution in [-0.4, -0.2) is 49.6 Å². The lowest BCUT2D eigenvalue weighted by Crippen LogP contribution is -2.40. The van der Waals surface area contributed by atoms with Crippen LogP contribution in [0, 0.1) is 6.92 Å². The molecule has 1 aliphatic heterocycles. The molecule has 1 aliphatic rings. The third kappa shape index (κ3) is 2.94. The van der Waals surface area contributed by atoms with E-state index in [1.807, 2.05) is 19.1 Å². The molecule has 102 valence electrons. The Bertz CT molecular complexity index is 377. The molecule has 2 atom stereocenters. The quantitative estimate of drug-likeness (QED) is 0.863. The van der Waals surface area contributed by atoms with Crippen molar-refractivity contribution in [3.05, 3.63) is 23.7 Å². The van der Waals surface area contributed by atoms with Crippen LogP contribution < -0.4 is 5.73 Å². The van der Waals surface area contributed by atoms with Gasteiger partial charge in [-0.25, -0.2) is 0 Å². The van der Waals surface area contributed by atoms with Crippen molar-refractivity contribution in [1.29, 1.82) is 0 Å². The van der Waals surface area contributed by atoms with E-state index >= 15 is 0 Å². The predicted molar refractivity (Wildman–Crippen MR) is 73.5 cm³/mol. The Balaban J connectivity index is 1.99. The first-order valence-corrected chi connectivity index (χ1v) is 6.78. The van der Waals surface area contributed by atoms with Crippen LogP contribution in [0.15, 0.2) is 16.5 Å². The van der Waals surface area contributed by atoms with Crippen LogP contribution in [0.4, 0.5) is 0 Å². The largest absolute Gasteiger partial charge is 0.465 e. The number of likely N-dealkylation sites (N-methyl/N-ethyl adjacent to an activating group) is 2. The van der Waals surface area contributed by atoms with Crippen molar-refractivity contribution in [3.8, 4) is 0 Å². The average molecular weight is 251 g/mol. The van der Waals surface area contributed by atoms with Crippen molar-refractivity contribution in [2.75, 3.05) is 33.7 Å². The molecular weight excluding hydrogens is 226 g/mol. The van der Waals surface area contributed by atoms with Crippen LogP contribution >= 0.6 is 0 Å². The third-order valence-electron chi connectivity index (χ3n) is 4.02. The van der Waals surface area contributed by atoms with E-state index in [0.717, 1.165) is 18.1 Å². The van der Waals surface area contributed by atoms with E-state index in [0.29, 0.717) is 12.6 Å². The Morgan fingerprint density at radius 2 is 2.33 bits per heavy atom. The molecule has 0 radical (unpaired) electrons. The predicted octanol–water partition coefficient (Wildman–Crippen LogP) is 1.61. The minimum absolute atomic E-state index is 0.188. The summed E-state index contributed by atoms with van der Waals surface area (Å²) in [6.07, 6.45) is 2.59. The number of aryl methyl sites for hydroxylation is 1. The van der Waals surface area contributed by atoms with E-state index < -0.39 is 0 Å². The van der Waals surface area contributed by atoms with Crippen LogP contribution in [0.5, 0.6) is 0 Å². The van der Waals surface area contributed by atoms with E-state index in [9.17, 15) is 0 Å². The maximum Gasteiger partial charge on any atom is 0.122 e. The Hall–Kier alpha value is -0.840. The Kier molecular flexibility index (Phi) is 4.43. The Labute approximate surface area is 110 Å². The first-order valence-electron chi connectivity index (χ1n) is 6.78. The summed E-state index contributed by atoms with van der Waals surface area (Å²) in [5.41, 5.74) is 5.91. The van der Waals surface area contributed by atoms with E-state index in [1.165, 1.54) is 19.4 Å². The zero-order chi connectivity index (χ0) is 13.1. The van der Waals surface area contributed by atoms with E-state index in [4.69, 9.17) is 10.2 Å². The van der Waals surface area contributed by atoms with Gasteiger partial charge in [0.25, 0.3) is 0 Å². The zero-order valence-corrected chi connectivity index (χ0v) is 11.7. The van der Waals surface area contributed by atoms with Gasteiger partial charge in [0, 0.05) is 19.1 Å². The number of hydrogen-bond acceptors (Lipinski definition) is 4. The van der Waals surface area contributed by atoms with Gasteiger partial charge in [-0.2, -0.15) is 0 Å². The van der Waals surface area contributed by atoms with Gasteiger partial charge < -0.3 is 15.1 Å². The maximum absolute atomic E-state index is 5.91. The van der Waals surface area contributed by atoms with Crippen molar-refractivity contribution >= 4 is 0 Å². The fraction of sp³-hybridized carbons (Fsp3) is 0.714. The lowest BCUT2D eigenvalue weighted by atomic mass is 10.1. The molecular formula is C14H25N3O. The van der Waals surface area contributed by atoms with Gasteiger partial charge in [-0.05, 0) is 52.5 Å². The molecule has 1 fully saturated rings. The highest BCUT2D eigenvalue weighted by atomic mass is 16.3. The third-order valence-corrected chi connectivity index (χ3v) is 4.02. The maximum atomic E-state index is 5.91. The lowest BCUT2D eigenvalue weighted by molar-refractivity contribution is 0.164. The molecule has 0 saturated carbocycles. The first kappa shape index (κ1) is 13.6. The number of likely N-dealkylation sites (tertiary alicyclic amines) is 1. The summed E-state index contributed by atoms with van der Waals surface area (Å²) in [7, 11) is 4.35. The van der Waals surface area contributed by atoms with Crippen LogP contribution in [0.3, 0.4) is 0 Å². The highest BCUT2D eigenvalue weighted by Gasteiger charge is 2.26. The second-order valence-corrected chi connectivity index (χ2v) is 5.42. The molecule has 0 spiro atoms. The number of nitrogens with two attached hydrogens (primary N) is 1. The molecule has 0 aromatic carbocycles. The van der Waals surface area contributed by atoms with Crippen molar-refractivity contribution in [1.82, 2.24) is 9.80 Å². The van der Waals surface area contributed by atoms with Gasteiger partial charge in [0.2, 0.25) is 0 Å². The molecule has 0 aliphatic carbocycles. The summed E-state index contributed by atoms with van der Waals surface area (Å²) in [4.78, 5) is 4.77. The highest BCUT2D eigenvalue weighted by Crippen LogP contribution is 2.23. The van der Waals surface area contributed by atoms with Crippen LogP contribution in [0.25, 0.3) is 0 Å². The molecule has 2 N–H and O–H groups in total. The van der Waals surface area contributed by atoms with Gasteiger partial charge in [-0.15, -0.1) is 0 Å². The first-order chi connectivity index (χ1) is 8.61. The van der Waals surface area contributed by atoms with Crippen molar-refractivity contribution in [2.45, 2.75) is 31.8 Å². The fourth-order valence-corrected chi connectivity index (χ4v) is 2.82. The van der Waals surface area contributed by atoms with Crippen LogP contribution in [0.2, 0.25) is 0 Å². The van der Waals surface area contributed by atoms with Gasteiger partial charge in [-0.1, -0.05) is 0 Å². The molecule has 1 saturated heterocycles. The summed E-state index contributed by atoms with van der Waals surface area (Å²) >= 11 is 0. The molecule has 2 unspecified atom stereocenters. The monoisotopic (exact) mass is 251 g/mol. The molecule has 1 aromatic heterocycles. The Morgan fingerprint density at radius 1 is 1.56 bits per heavy atom. The summed E-state index contributed by atoms with van der Waals surface area (Å²) in [6, 6.07) is 4.89. The molecule has 4 heteroatoms. The molecule has 4 nitrogen and oxygen atoms in total. The molecule has 2 rings (SSSR count). The smallest absolute Gasteiger partial charge is 0.122 e. The summed E-state index contributed by atoms with van der Waals surface area (Å²) in [5, 5.41) is 0. The second-order valence-electron chi connectivity index (χ2n) is 5.42. The molecule has 0 bridgehead atoms. The van der Waals surface area contributed by atoms with Gasteiger partial charge in [0.05, 0.1) is 6.04 Å². The standard InChI is InChI=1S/C14H25N3O/c1-11-6-7-14(18-11)13(9-15)17(3)10-12-5-4-8-16(12)2/h6-7,12-13H,4-5,8-10,15H2,1-3H3. The minimum Gasteiger partial charge on any atom is -0.465 e. The molecule has 18 heavy (non-hydrogen) atoms. The van der Waals surface area contributed by atoms with Crippen molar-refractivity contribution in [2.24, 2.45) is 5.73 Å². The summed E-state index contributed by atoms with van der Waals surface area (Å²) in [5.74, 6) is 1.94. The second kappa shape index (κ2) is 5.87. The number of furan rings is 1. The normalized spacial score (nSPS) is 22.8. The summed E-state index contributed by atoms with van der Waals surface area (Å²) in [6.45, 7) is 4.84. The lowest BCUT2D eigenvalue weighted by Gasteiger charge is -2.30. The van der Waals surface area contributed by atoms with Gasteiger partial charge in [0.1, 0.15) is 11.5 Å². The van der Waals surface area contributed by atoms with E-state index in [1.54, 1.807) is 0 Å². The Morgan fingerprint density at radius 3 is 2.83 bits per heavy atom. The molecule has 0 amide bonds. The summed E-state index contributed by atoms with van der Waals surface area (Å²) < 4.78 is 5.71. The molecule has 2 heterocycles. The zero-order valence-electron chi connectivity index (χ0n) is 11.7. The topological polar surface area (TPSA) is 45.6 Å². The number of nitrogens with zero attached hydrogens (tertiary/aromatic N) is 2. The van der Waals surface area contributed by atoms with Gasteiger partial charge in [0.15, 0.2) is 0 Å². The number of rotatable bonds is 5. The van der Waals surface area contributed by atoms with Crippen LogP contribution in [-0.2, 0) is 0 Å². The van der Waals surface area contributed by atoms with Gasteiger partial charge >= 0.3 is 0 Å². The van der Waals surface area contributed by atoms with Gasteiger partial charge in [-0.3, -0.25) is 4.90 Å². The minimum atomic E-state index is 0.188. The van der Waals surface area contributed by atoms with E-state index in [2.05, 4.69) is 23.9 Å². The van der Waals surface area contributed by atoms with Crippen LogP contribution in [0.1, 0.15) is 30.4 Å².